The van der Waals surface area contributed by atoms with Crippen molar-refractivity contribution in [2.45, 2.75) is 19.8 Å². The lowest BCUT2D eigenvalue weighted by Gasteiger charge is -2.14. The molecule has 2 rings (SSSR count). The number of hydrazine groups is 1. The zero-order valence-corrected chi connectivity index (χ0v) is 11.7. The molecule has 5 nitrogen and oxygen atoms in total. The third kappa shape index (κ3) is 2.97. The molecule has 7 heteroatoms. The van der Waals surface area contributed by atoms with Crippen LogP contribution in [-0.2, 0) is 6.42 Å². The number of rotatable bonds is 5. The van der Waals surface area contributed by atoms with Gasteiger partial charge in [-0.15, -0.1) is 0 Å². The van der Waals surface area contributed by atoms with Gasteiger partial charge in [0.25, 0.3) is 0 Å². The van der Waals surface area contributed by atoms with Crippen molar-refractivity contribution in [2.75, 3.05) is 10.7 Å². The standard InChI is InChI=1S/C13H15ClFN5/c1-2-4-8-12(17-7-18-13(8)20-16)19-11-9(14)5-3-6-10(11)15/h3,5-7H,2,4,16H2,1H3,(H2,17,18,19,20). The van der Waals surface area contributed by atoms with Crippen molar-refractivity contribution >= 4 is 28.9 Å². The van der Waals surface area contributed by atoms with E-state index in [-0.39, 0.29) is 10.7 Å². The summed E-state index contributed by atoms with van der Waals surface area (Å²) in [5, 5.41) is 3.20. The monoisotopic (exact) mass is 295 g/mol. The second-order valence-electron chi connectivity index (χ2n) is 4.17. The summed E-state index contributed by atoms with van der Waals surface area (Å²) in [4.78, 5) is 8.19. The molecule has 0 aliphatic rings. The van der Waals surface area contributed by atoms with Crippen LogP contribution in [0.25, 0.3) is 0 Å². The Bertz CT molecular complexity index is 585. The van der Waals surface area contributed by atoms with Crippen LogP contribution >= 0.6 is 11.6 Å². The zero-order chi connectivity index (χ0) is 14.5. The minimum atomic E-state index is -0.444. The summed E-state index contributed by atoms with van der Waals surface area (Å²) >= 11 is 6.00. The molecule has 2 aromatic rings. The van der Waals surface area contributed by atoms with Gasteiger partial charge in [0.05, 0.1) is 10.7 Å². The molecule has 20 heavy (non-hydrogen) atoms. The van der Waals surface area contributed by atoms with Crippen molar-refractivity contribution in [1.29, 1.82) is 0 Å². The average molecular weight is 296 g/mol. The summed E-state index contributed by atoms with van der Waals surface area (Å²) in [7, 11) is 0. The Kier molecular flexibility index (Phi) is 4.70. The number of hydrogen-bond acceptors (Lipinski definition) is 5. The van der Waals surface area contributed by atoms with E-state index in [1.807, 2.05) is 6.92 Å². The Morgan fingerprint density at radius 1 is 1.30 bits per heavy atom. The Morgan fingerprint density at radius 2 is 2.05 bits per heavy atom. The van der Waals surface area contributed by atoms with Gasteiger partial charge in [0.2, 0.25) is 0 Å². The van der Waals surface area contributed by atoms with E-state index in [0.29, 0.717) is 18.1 Å². The highest BCUT2D eigenvalue weighted by atomic mass is 35.5. The maximum absolute atomic E-state index is 13.8. The molecule has 0 saturated carbocycles. The van der Waals surface area contributed by atoms with Gasteiger partial charge in [0.1, 0.15) is 23.8 Å². The number of nitrogen functional groups attached to an aromatic ring is 1. The van der Waals surface area contributed by atoms with Crippen LogP contribution in [0.2, 0.25) is 5.02 Å². The number of nitrogens with two attached hydrogens (primary N) is 1. The van der Waals surface area contributed by atoms with Gasteiger partial charge >= 0.3 is 0 Å². The molecule has 0 spiro atoms. The molecule has 0 aliphatic heterocycles. The molecule has 1 heterocycles. The molecule has 106 valence electrons. The van der Waals surface area contributed by atoms with Crippen LogP contribution in [-0.4, -0.2) is 9.97 Å². The predicted octanol–water partition coefficient (Wildman–Crippen LogP) is 3.25. The van der Waals surface area contributed by atoms with E-state index < -0.39 is 5.82 Å². The van der Waals surface area contributed by atoms with Crippen LogP contribution < -0.4 is 16.6 Å². The lowest BCUT2D eigenvalue weighted by molar-refractivity contribution is 0.632. The van der Waals surface area contributed by atoms with Gasteiger partial charge in [0.15, 0.2) is 0 Å². The van der Waals surface area contributed by atoms with Crippen LogP contribution in [0.3, 0.4) is 0 Å². The van der Waals surface area contributed by atoms with Crippen LogP contribution in [0, 0.1) is 5.82 Å². The summed E-state index contributed by atoms with van der Waals surface area (Å²) in [5.41, 5.74) is 3.49. The van der Waals surface area contributed by atoms with E-state index in [4.69, 9.17) is 17.4 Å². The Balaban J connectivity index is 2.43. The molecule has 1 aromatic carbocycles. The molecule has 1 aromatic heterocycles. The Morgan fingerprint density at radius 3 is 2.70 bits per heavy atom. The van der Waals surface area contributed by atoms with Crippen LogP contribution in [0.5, 0.6) is 0 Å². The lowest BCUT2D eigenvalue weighted by atomic mass is 10.1. The first kappa shape index (κ1) is 14.5. The maximum Gasteiger partial charge on any atom is 0.148 e. The van der Waals surface area contributed by atoms with Gasteiger partial charge in [-0.2, -0.15) is 0 Å². The van der Waals surface area contributed by atoms with Crippen LogP contribution in [0.1, 0.15) is 18.9 Å². The van der Waals surface area contributed by atoms with E-state index in [1.54, 1.807) is 12.1 Å². The van der Waals surface area contributed by atoms with Crippen molar-refractivity contribution in [3.8, 4) is 0 Å². The van der Waals surface area contributed by atoms with Crippen LogP contribution in [0.4, 0.5) is 21.7 Å². The first-order valence-electron chi connectivity index (χ1n) is 6.18. The minimum absolute atomic E-state index is 0.188. The highest BCUT2D eigenvalue weighted by molar-refractivity contribution is 6.33. The summed E-state index contributed by atoms with van der Waals surface area (Å²) < 4.78 is 13.8. The summed E-state index contributed by atoms with van der Waals surface area (Å²) in [6, 6.07) is 4.48. The smallest absolute Gasteiger partial charge is 0.148 e. The number of nitrogens with zero attached hydrogens (tertiary/aromatic N) is 2. The number of para-hydroxylation sites is 1. The molecule has 0 radical (unpaired) electrons. The number of aromatic nitrogens is 2. The zero-order valence-electron chi connectivity index (χ0n) is 11.0. The van der Waals surface area contributed by atoms with Gasteiger partial charge in [-0.1, -0.05) is 31.0 Å². The Hall–Kier alpha value is -1.92. The van der Waals surface area contributed by atoms with Gasteiger partial charge < -0.3 is 10.7 Å². The van der Waals surface area contributed by atoms with E-state index >= 15 is 0 Å². The fourth-order valence-electron chi connectivity index (χ4n) is 1.87. The van der Waals surface area contributed by atoms with Crippen LogP contribution in [0.15, 0.2) is 24.5 Å². The molecule has 0 fully saturated rings. The van der Waals surface area contributed by atoms with Crippen molar-refractivity contribution in [2.24, 2.45) is 5.84 Å². The third-order valence-corrected chi connectivity index (χ3v) is 3.10. The summed E-state index contributed by atoms with van der Waals surface area (Å²) in [5.74, 6) is 5.99. The first-order valence-corrected chi connectivity index (χ1v) is 6.56. The van der Waals surface area contributed by atoms with Gasteiger partial charge in [0, 0.05) is 5.56 Å². The molecule has 4 N–H and O–H groups in total. The SMILES string of the molecule is CCCc1c(NN)ncnc1Nc1c(F)cccc1Cl. The minimum Gasteiger partial charge on any atom is -0.336 e. The van der Waals surface area contributed by atoms with Crippen molar-refractivity contribution in [3.05, 3.63) is 40.9 Å². The molecule has 0 saturated heterocycles. The number of benzene rings is 1. The number of nitrogens with one attached hydrogen (secondary N) is 2. The van der Waals surface area contributed by atoms with Crippen molar-refractivity contribution in [1.82, 2.24) is 9.97 Å². The topological polar surface area (TPSA) is 75.9 Å². The quantitative estimate of drug-likeness (QED) is 0.583. The number of anilines is 3. The fourth-order valence-corrected chi connectivity index (χ4v) is 2.08. The highest BCUT2D eigenvalue weighted by Crippen LogP contribution is 2.30. The molecule has 0 bridgehead atoms. The highest BCUT2D eigenvalue weighted by Gasteiger charge is 2.13. The molecule has 0 unspecified atom stereocenters. The summed E-state index contributed by atoms with van der Waals surface area (Å²) in [6.07, 6.45) is 2.93. The van der Waals surface area contributed by atoms with Gasteiger partial charge in [-0.25, -0.2) is 20.2 Å². The number of hydrogen-bond donors (Lipinski definition) is 3. The van der Waals surface area contributed by atoms with E-state index in [2.05, 4.69) is 20.7 Å². The second kappa shape index (κ2) is 6.49. The molecule has 0 atom stereocenters. The fraction of sp³-hybridized carbons (Fsp3) is 0.231. The predicted molar refractivity (Wildman–Crippen MR) is 78.5 cm³/mol. The Labute approximate surface area is 121 Å². The van der Waals surface area contributed by atoms with E-state index in [0.717, 1.165) is 12.0 Å². The first-order chi connectivity index (χ1) is 9.67. The van der Waals surface area contributed by atoms with E-state index in [9.17, 15) is 4.39 Å². The summed E-state index contributed by atoms with van der Waals surface area (Å²) in [6.45, 7) is 2.02. The van der Waals surface area contributed by atoms with Crippen molar-refractivity contribution < 1.29 is 4.39 Å². The van der Waals surface area contributed by atoms with Gasteiger partial charge in [-0.05, 0) is 18.6 Å². The van der Waals surface area contributed by atoms with E-state index in [1.165, 1.54) is 12.4 Å². The lowest BCUT2D eigenvalue weighted by Crippen LogP contribution is -2.13. The molecule has 0 amide bonds. The number of halogens is 2. The maximum atomic E-state index is 13.8. The third-order valence-electron chi connectivity index (χ3n) is 2.79. The average Bonchev–Trinajstić information content (AvgIpc) is 2.44. The normalized spacial score (nSPS) is 10.4. The molecular weight excluding hydrogens is 281 g/mol. The molecule has 0 aliphatic carbocycles. The van der Waals surface area contributed by atoms with Crippen molar-refractivity contribution in [3.63, 3.8) is 0 Å². The van der Waals surface area contributed by atoms with Gasteiger partial charge in [-0.3, -0.25) is 0 Å². The second-order valence-corrected chi connectivity index (χ2v) is 4.57. The molecular formula is C13H15ClFN5. The largest absolute Gasteiger partial charge is 0.336 e.